The number of hydrogen-bond acceptors (Lipinski definition) is 4. The summed E-state index contributed by atoms with van der Waals surface area (Å²) >= 11 is 0. The lowest BCUT2D eigenvalue weighted by atomic mass is 10.3. The first-order valence-electron chi connectivity index (χ1n) is 5.97. The Balaban J connectivity index is 2.81. The Bertz CT molecular complexity index is 325. The standard InChI is InChI=1S/C12H22N4/c1-5-7-13-12-14-9-10(3)11(15-12)16(4)8-6-2/h9H,5-8H2,1-4H3,(H,13,14,15). The highest BCUT2D eigenvalue weighted by atomic mass is 15.2. The SMILES string of the molecule is CCCNc1ncc(C)c(N(C)CCC)n1. The summed E-state index contributed by atoms with van der Waals surface area (Å²) in [4.78, 5) is 11.0. The van der Waals surface area contributed by atoms with E-state index in [4.69, 9.17) is 0 Å². The van der Waals surface area contributed by atoms with E-state index in [-0.39, 0.29) is 0 Å². The summed E-state index contributed by atoms with van der Waals surface area (Å²) in [6.45, 7) is 8.28. The zero-order valence-corrected chi connectivity index (χ0v) is 10.7. The smallest absolute Gasteiger partial charge is 0.224 e. The van der Waals surface area contributed by atoms with Crippen molar-refractivity contribution in [1.29, 1.82) is 0 Å². The zero-order valence-electron chi connectivity index (χ0n) is 10.7. The summed E-state index contributed by atoms with van der Waals surface area (Å²) < 4.78 is 0. The normalized spacial score (nSPS) is 10.2. The second-order valence-electron chi connectivity index (χ2n) is 4.05. The highest BCUT2D eigenvalue weighted by molar-refractivity contribution is 5.48. The van der Waals surface area contributed by atoms with Crippen molar-refractivity contribution in [3.63, 3.8) is 0 Å². The summed E-state index contributed by atoms with van der Waals surface area (Å²) in [5.74, 6) is 1.75. The van der Waals surface area contributed by atoms with Crippen molar-refractivity contribution in [2.24, 2.45) is 0 Å². The highest BCUT2D eigenvalue weighted by Crippen LogP contribution is 2.16. The zero-order chi connectivity index (χ0) is 12.0. The van der Waals surface area contributed by atoms with Crippen LogP contribution in [0.15, 0.2) is 6.20 Å². The van der Waals surface area contributed by atoms with E-state index in [1.807, 2.05) is 13.1 Å². The van der Waals surface area contributed by atoms with Crippen LogP contribution >= 0.6 is 0 Å². The van der Waals surface area contributed by atoms with Gasteiger partial charge in [0.15, 0.2) is 0 Å². The molecule has 0 aliphatic rings. The minimum atomic E-state index is 0.727. The summed E-state index contributed by atoms with van der Waals surface area (Å²) in [6.07, 6.45) is 4.08. The third-order valence-electron chi connectivity index (χ3n) is 2.40. The molecule has 1 aromatic heterocycles. The van der Waals surface area contributed by atoms with Crippen LogP contribution in [-0.4, -0.2) is 30.1 Å². The molecule has 4 nitrogen and oxygen atoms in total. The lowest BCUT2D eigenvalue weighted by molar-refractivity contribution is 0.828. The average molecular weight is 222 g/mol. The molecule has 0 spiro atoms. The van der Waals surface area contributed by atoms with Gasteiger partial charge >= 0.3 is 0 Å². The van der Waals surface area contributed by atoms with Crippen molar-refractivity contribution in [3.05, 3.63) is 11.8 Å². The van der Waals surface area contributed by atoms with Crippen LogP contribution < -0.4 is 10.2 Å². The van der Waals surface area contributed by atoms with Gasteiger partial charge in [-0.3, -0.25) is 0 Å². The van der Waals surface area contributed by atoms with Gasteiger partial charge in [-0.2, -0.15) is 4.98 Å². The fourth-order valence-corrected chi connectivity index (χ4v) is 1.58. The number of nitrogens with zero attached hydrogens (tertiary/aromatic N) is 3. The molecule has 0 aromatic carbocycles. The average Bonchev–Trinajstić information content (AvgIpc) is 2.28. The van der Waals surface area contributed by atoms with Gasteiger partial charge in [0, 0.05) is 31.9 Å². The van der Waals surface area contributed by atoms with Gasteiger partial charge in [0.1, 0.15) is 5.82 Å². The molecule has 16 heavy (non-hydrogen) atoms. The molecule has 1 rings (SSSR count). The number of nitrogens with one attached hydrogen (secondary N) is 1. The Morgan fingerprint density at radius 3 is 2.69 bits per heavy atom. The van der Waals surface area contributed by atoms with Gasteiger partial charge < -0.3 is 10.2 Å². The van der Waals surface area contributed by atoms with E-state index < -0.39 is 0 Å². The van der Waals surface area contributed by atoms with Crippen LogP contribution in [0.1, 0.15) is 32.3 Å². The number of aryl methyl sites for hydroxylation is 1. The van der Waals surface area contributed by atoms with Crippen LogP contribution in [0.25, 0.3) is 0 Å². The first-order valence-corrected chi connectivity index (χ1v) is 5.97. The van der Waals surface area contributed by atoms with Crippen LogP contribution in [0.3, 0.4) is 0 Å². The Kier molecular flexibility index (Phi) is 5.02. The van der Waals surface area contributed by atoms with Crippen LogP contribution in [0.5, 0.6) is 0 Å². The predicted molar refractivity (Wildman–Crippen MR) is 69.1 cm³/mol. The number of anilines is 2. The molecule has 0 amide bonds. The fraction of sp³-hybridized carbons (Fsp3) is 0.667. The Morgan fingerprint density at radius 2 is 2.06 bits per heavy atom. The molecule has 4 heteroatoms. The molecule has 0 fully saturated rings. The van der Waals surface area contributed by atoms with Crippen LogP contribution in [-0.2, 0) is 0 Å². The van der Waals surface area contributed by atoms with Gasteiger partial charge in [0.2, 0.25) is 5.95 Å². The van der Waals surface area contributed by atoms with Crippen LogP contribution in [0.4, 0.5) is 11.8 Å². The Hall–Kier alpha value is -1.32. The molecule has 0 saturated carbocycles. The van der Waals surface area contributed by atoms with E-state index in [0.717, 1.165) is 43.3 Å². The molecule has 0 aliphatic heterocycles. The first kappa shape index (κ1) is 12.7. The van der Waals surface area contributed by atoms with E-state index in [2.05, 4.69) is 41.1 Å². The Morgan fingerprint density at radius 1 is 1.31 bits per heavy atom. The number of hydrogen-bond donors (Lipinski definition) is 1. The van der Waals surface area contributed by atoms with E-state index in [1.165, 1.54) is 0 Å². The molecule has 0 atom stereocenters. The summed E-state index contributed by atoms with van der Waals surface area (Å²) in [5, 5.41) is 3.21. The van der Waals surface area contributed by atoms with Gasteiger partial charge in [-0.25, -0.2) is 4.98 Å². The molecule has 0 saturated heterocycles. The number of rotatable bonds is 6. The third-order valence-corrected chi connectivity index (χ3v) is 2.40. The molecule has 90 valence electrons. The molecular formula is C12H22N4. The van der Waals surface area contributed by atoms with E-state index in [9.17, 15) is 0 Å². The monoisotopic (exact) mass is 222 g/mol. The topological polar surface area (TPSA) is 41.1 Å². The lowest BCUT2D eigenvalue weighted by Crippen LogP contribution is -2.21. The van der Waals surface area contributed by atoms with Crippen molar-refractivity contribution < 1.29 is 0 Å². The van der Waals surface area contributed by atoms with Gasteiger partial charge in [0.25, 0.3) is 0 Å². The molecular weight excluding hydrogens is 200 g/mol. The van der Waals surface area contributed by atoms with E-state index in [1.54, 1.807) is 0 Å². The largest absolute Gasteiger partial charge is 0.359 e. The molecule has 0 aliphatic carbocycles. The molecule has 0 radical (unpaired) electrons. The van der Waals surface area contributed by atoms with Crippen LogP contribution in [0.2, 0.25) is 0 Å². The van der Waals surface area contributed by atoms with Crippen molar-refractivity contribution in [2.75, 3.05) is 30.4 Å². The molecule has 0 bridgehead atoms. The first-order chi connectivity index (χ1) is 7.69. The maximum Gasteiger partial charge on any atom is 0.224 e. The maximum atomic E-state index is 4.53. The second-order valence-corrected chi connectivity index (χ2v) is 4.05. The van der Waals surface area contributed by atoms with Crippen molar-refractivity contribution in [2.45, 2.75) is 33.6 Å². The van der Waals surface area contributed by atoms with E-state index >= 15 is 0 Å². The summed E-state index contributed by atoms with van der Waals surface area (Å²) in [5.41, 5.74) is 1.12. The predicted octanol–water partition coefficient (Wildman–Crippen LogP) is 2.45. The summed E-state index contributed by atoms with van der Waals surface area (Å²) in [7, 11) is 2.07. The van der Waals surface area contributed by atoms with Gasteiger partial charge in [-0.15, -0.1) is 0 Å². The molecule has 1 N–H and O–H groups in total. The maximum absolute atomic E-state index is 4.53. The van der Waals surface area contributed by atoms with Gasteiger partial charge in [-0.1, -0.05) is 13.8 Å². The molecule has 0 unspecified atom stereocenters. The quantitative estimate of drug-likeness (QED) is 0.802. The van der Waals surface area contributed by atoms with Crippen molar-refractivity contribution >= 4 is 11.8 Å². The lowest BCUT2D eigenvalue weighted by Gasteiger charge is -2.19. The Labute approximate surface area is 98.1 Å². The van der Waals surface area contributed by atoms with Gasteiger partial charge in [0.05, 0.1) is 0 Å². The van der Waals surface area contributed by atoms with Crippen molar-refractivity contribution in [3.8, 4) is 0 Å². The minimum Gasteiger partial charge on any atom is -0.359 e. The summed E-state index contributed by atoms with van der Waals surface area (Å²) in [6, 6.07) is 0. The number of aromatic nitrogens is 2. The molecule has 1 aromatic rings. The highest BCUT2D eigenvalue weighted by Gasteiger charge is 2.07. The molecule has 1 heterocycles. The second kappa shape index (κ2) is 6.30. The van der Waals surface area contributed by atoms with Crippen LogP contribution in [0, 0.1) is 6.92 Å². The minimum absolute atomic E-state index is 0.727. The van der Waals surface area contributed by atoms with Crippen molar-refractivity contribution in [1.82, 2.24) is 9.97 Å². The van der Waals surface area contributed by atoms with Gasteiger partial charge in [-0.05, 0) is 19.8 Å². The third kappa shape index (κ3) is 3.36. The van der Waals surface area contributed by atoms with E-state index in [0.29, 0.717) is 0 Å². The fourth-order valence-electron chi connectivity index (χ4n) is 1.58.